The molecule has 0 amide bonds. The van der Waals surface area contributed by atoms with Crippen molar-refractivity contribution in [3.63, 3.8) is 0 Å². The Hall–Kier alpha value is -2.04. The molecule has 304 valence electrons. The van der Waals surface area contributed by atoms with Gasteiger partial charge in [0.05, 0.1) is 13.2 Å². The zero-order valence-corrected chi connectivity index (χ0v) is 33.5. The van der Waals surface area contributed by atoms with Crippen molar-refractivity contribution in [1.29, 1.82) is 0 Å². The molecule has 0 aliphatic carbocycles. The lowest BCUT2D eigenvalue weighted by atomic mass is 10.1. The number of esters is 2. The fourth-order valence-electron chi connectivity index (χ4n) is 5.39. The van der Waals surface area contributed by atoms with Crippen molar-refractivity contribution in [2.45, 2.75) is 193 Å². The summed E-state index contributed by atoms with van der Waals surface area (Å²) < 4.78 is 32.6. The van der Waals surface area contributed by atoms with Gasteiger partial charge in [-0.2, -0.15) is 0 Å². The molecule has 0 spiro atoms. The molecule has 0 aliphatic rings. The average molecular weight is 760 g/mol. The molecule has 52 heavy (non-hydrogen) atoms. The Bertz CT molecular complexity index is 989. The molecule has 0 heterocycles. The van der Waals surface area contributed by atoms with E-state index in [1.807, 2.05) is 0 Å². The van der Waals surface area contributed by atoms with Crippen LogP contribution < -0.4 is 5.73 Å². The van der Waals surface area contributed by atoms with Crippen LogP contribution >= 0.6 is 7.82 Å². The monoisotopic (exact) mass is 760 g/mol. The standard InChI is InChI=1S/C40H74NO10P/c1-3-5-7-9-11-13-15-17-18-20-21-23-25-27-29-31-38(42)48-33-36(34-49-52(46,47)50-35-37(41)40(44)45)51-39(43)32-30-28-26-24-22-19-16-14-12-10-8-6-4-2/h9,11,19,22,36-37H,3-8,10,12-18,20-21,23-35,41H2,1-2H3,(H,44,45)(H,46,47)/b11-9+,22-19+/t36-,37+/m1/s1. The zero-order chi connectivity index (χ0) is 38.5. The van der Waals surface area contributed by atoms with E-state index in [0.29, 0.717) is 12.8 Å². The van der Waals surface area contributed by atoms with Gasteiger partial charge in [-0.3, -0.25) is 23.4 Å². The van der Waals surface area contributed by atoms with Crippen molar-refractivity contribution < 1.29 is 47.5 Å². The number of allylic oxidation sites excluding steroid dienone is 4. The summed E-state index contributed by atoms with van der Waals surface area (Å²) in [4.78, 5) is 45.8. The number of nitrogens with two attached hydrogens (primary N) is 1. The molecule has 11 nitrogen and oxygen atoms in total. The van der Waals surface area contributed by atoms with Gasteiger partial charge in [0.15, 0.2) is 6.10 Å². The lowest BCUT2D eigenvalue weighted by Gasteiger charge is -2.20. The minimum absolute atomic E-state index is 0.142. The highest BCUT2D eigenvalue weighted by atomic mass is 31.2. The molecule has 0 radical (unpaired) electrons. The number of carbonyl (C=O) groups is 3. The Morgan fingerprint density at radius 1 is 0.577 bits per heavy atom. The molecule has 3 atom stereocenters. The first-order valence-corrected chi connectivity index (χ1v) is 21.9. The maximum absolute atomic E-state index is 12.6. The molecule has 0 bridgehead atoms. The molecule has 1 unspecified atom stereocenters. The van der Waals surface area contributed by atoms with Gasteiger partial charge < -0.3 is 25.2 Å². The average Bonchev–Trinajstić information content (AvgIpc) is 3.12. The number of unbranched alkanes of at least 4 members (excludes halogenated alkanes) is 20. The number of carboxylic acid groups (broad SMARTS) is 1. The van der Waals surface area contributed by atoms with Crippen LogP contribution in [0.2, 0.25) is 0 Å². The Balaban J connectivity index is 4.41. The minimum atomic E-state index is -4.71. The lowest BCUT2D eigenvalue weighted by Crippen LogP contribution is -2.34. The maximum Gasteiger partial charge on any atom is 0.472 e. The Morgan fingerprint density at radius 3 is 1.48 bits per heavy atom. The Kier molecular flexibility index (Phi) is 34.6. The zero-order valence-electron chi connectivity index (χ0n) is 32.7. The number of hydrogen-bond acceptors (Lipinski definition) is 9. The molecular formula is C40H74NO10P. The summed E-state index contributed by atoms with van der Waals surface area (Å²) >= 11 is 0. The number of phosphoric ester groups is 1. The van der Waals surface area contributed by atoms with E-state index in [1.54, 1.807) is 0 Å². The van der Waals surface area contributed by atoms with Gasteiger partial charge in [0.25, 0.3) is 0 Å². The summed E-state index contributed by atoms with van der Waals surface area (Å²) in [5.74, 6) is -2.40. The van der Waals surface area contributed by atoms with Crippen molar-refractivity contribution >= 4 is 25.7 Å². The van der Waals surface area contributed by atoms with Crippen LogP contribution in [0.5, 0.6) is 0 Å². The van der Waals surface area contributed by atoms with Gasteiger partial charge in [0.1, 0.15) is 12.6 Å². The van der Waals surface area contributed by atoms with Gasteiger partial charge in [-0.15, -0.1) is 0 Å². The van der Waals surface area contributed by atoms with Gasteiger partial charge in [-0.1, -0.05) is 134 Å². The van der Waals surface area contributed by atoms with E-state index in [1.165, 1.54) is 96.3 Å². The van der Waals surface area contributed by atoms with E-state index in [0.717, 1.165) is 44.9 Å². The van der Waals surface area contributed by atoms with Crippen LogP contribution in [-0.2, 0) is 37.5 Å². The summed E-state index contributed by atoms with van der Waals surface area (Å²) in [5.41, 5.74) is 5.32. The summed E-state index contributed by atoms with van der Waals surface area (Å²) in [7, 11) is -4.71. The molecule has 0 aliphatic heterocycles. The highest BCUT2D eigenvalue weighted by Crippen LogP contribution is 2.43. The van der Waals surface area contributed by atoms with E-state index in [2.05, 4.69) is 42.7 Å². The van der Waals surface area contributed by atoms with E-state index >= 15 is 0 Å². The fourth-order valence-corrected chi connectivity index (χ4v) is 6.17. The summed E-state index contributed by atoms with van der Waals surface area (Å²) in [6.07, 6.45) is 35.3. The van der Waals surface area contributed by atoms with Crippen molar-refractivity contribution in [3.8, 4) is 0 Å². The van der Waals surface area contributed by atoms with Crippen LogP contribution in [0.1, 0.15) is 181 Å². The van der Waals surface area contributed by atoms with Crippen molar-refractivity contribution in [2.75, 3.05) is 19.8 Å². The molecule has 0 aromatic heterocycles. The van der Waals surface area contributed by atoms with Gasteiger partial charge in [-0.25, -0.2) is 4.57 Å². The van der Waals surface area contributed by atoms with Crippen LogP contribution in [0, 0.1) is 0 Å². The normalized spacial score (nSPS) is 14.1. The third-order valence-electron chi connectivity index (χ3n) is 8.67. The molecule has 0 aromatic carbocycles. The Labute approximate surface area is 315 Å². The molecule has 0 rings (SSSR count). The number of aliphatic carboxylic acids is 1. The molecule has 0 saturated heterocycles. The van der Waals surface area contributed by atoms with Crippen LogP contribution in [0.25, 0.3) is 0 Å². The molecule has 0 fully saturated rings. The SMILES string of the molecule is CCCC/C=C/CCCCCCCCCCCC(=O)OC[C@H](COP(=O)(O)OC[C@H](N)C(=O)O)OC(=O)CCCCC/C=C/CCCCCCCC. The third kappa shape index (κ3) is 35.0. The number of rotatable bonds is 38. The third-order valence-corrected chi connectivity index (χ3v) is 9.62. The van der Waals surface area contributed by atoms with Crippen LogP contribution in [-0.4, -0.2) is 59.9 Å². The summed E-state index contributed by atoms with van der Waals surface area (Å²) in [6.45, 7) is 2.74. The van der Waals surface area contributed by atoms with Crippen molar-refractivity contribution in [1.82, 2.24) is 0 Å². The maximum atomic E-state index is 12.6. The van der Waals surface area contributed by atoms with E-state index in [4.69, 9.17) is 24.8 Å². The first-order valence-electron chi connectivity index (χ1n) is 20.4. The predicted octanol–water partition coefficient (Wildman–Crippen LogP) is 10.3. The minimum Gasteiger partial charge on any atom is -0.480 e. The lowest BCUT2D eigenvalue weighted by molar-refractivity contribution is -0.161. The Morgan fingerprint density at radius 2 is 0.981 bits per heavy atom. The van der Waals surface area contributed by atoms with Gasteiger partial charge in [0.2, 0.25) is 0 Å². The van der Waals surface area contributed by atoms with Gasteiger partial charge >= 0.3 is 25.7 Å². The molecular weight excluding hydrogens is 685 g/mol. The summed E-state index contributed by atoms with van der Waals surface area (Å²) in [6, 6.07) is -1.52. The van der Waals surface area contributed by atoms with Gasteiger partial charge in [0, 0.05) is 12.8 Å². The molecule has 0 aromatic rings. The van der Waals surface area contributed by atoms with Crippen LogP contribution in [0.4, 0.5) is 0 Å². The first-order chi connectivity index (χ1) is 25.1. The second kappa shape index (κ2) is 36.0. The number of ether oxygens (including phenoxy) is 2. The highest BCUT2D eigenvalue weighted by Gasteiger charge is 2.28. The quantitative estimate of drug-likeness (QED) is 0.0237. The molecule has 4 N–H and O–H groups in total. The molecule has 0 saturated carbocycles. The highest BCUT2D eigenvalue weighted by molar-refractivity contribution is 7.47. The second-order valence-electron chi connectivity index (χ2n) is 13.8. The van der Waals surface area contributed by atoms with E-state index in [-0.39, 0.29) is 19.4 Å². The van der Waals surface area contributed by atoms with E-state index in [9.17, 15) is 23.8 Å². The second-order valence-corrected chi connectivity index (χ2v) is 15.2. The number of carbonyl (C=O) groups excluding carboxylic acids is 2. The predicted molar refractivity (Wildman–Crippen MR) is 208 cm³/mol. The number of hydrogen-bond donors (Lipinski definition) is 3. The van der Waals surface area contributed by atoms with Crippen molar-refractivity contribution in [2.24, 2.45) is 5.73 Å². The van der Waals surface area contributed by atoms with E-state index < -0.39 is 51.1 Å². The van der Waals surface area contributed by atoms with Gasteiger partial charge in [-0.05, 0) is 57.8 Å². The fraction of sp³-hybridized carbons (Fsp3) is 0.825. The largest absolute Gasteiger partial charge is 0.480 e. The van der Waals surface area contributed by atoms with Crippen LogP contribution in [0.15, 0.2) is 24.3 Å². The van der Waals surface area contributed by atoms with Crippen LogP contribution in [0.3, 0.4) is 0 Å². The smallest absolute Gasteiger partial charge is 0.472 e. The first kappa shape index (κ1) is 50.0. The summed E-state index contributed by atoms with van der Waals surface area (Å²) in [5, 5.41) is 8.87. The molecule has 12 heteroatoms. The number of carboxylic acids is 1. The van der Waals surface area contributed by atoms with Crippen molar-refractivity contribution in [3.05, 3.63) is 24.3 Å². The topological polar surface area (TPSA) is 172 Å². The number of phosphoric acid groups is 1.